The number of aromatic amines is 1. The zero-order chi connectivity index (χ0) is 9.42. The molecule has 1 N–H and O–H groups in total. The molecule has 2 aromatic rings. The van der Waals surface area contributed by atoms with Crippen LogP contribution in [0.3, 0.4) is 0 Å². The number of rotatable bonds is 0. The molecule has 7 heteroatoms. The summed E-state index contributed by atoms with van der Waals surface area (Å²) in [5.74, 6) is 0. The second-order valence-corrected chi connectivity index (χ2v) is 3.18. The van der Waals surface area contributed by atoms with Gasteiger partial charge in [-0.2, -0.15) is 4.52 Å². The van der Waals surface area contributed by atoms with E-state index in [1.165, 1.54) is 10.7 Å². The molecule has 6 nitrogen and oxygen atoms in total. The lowest BCUT2D eigenvalue weighted by atomic mass is 10.5. The molecular formula is C6H3BrN5O+. The molecule has 0 aliphatic rings. The zero-order valence-electron chi connectivity index (χ0n) is 6.23. The van der Waals surface area contributed by atoms with Crippen molar-refractivity contribution in [1.29, 1.82) is 5.39 Å². The fourth-order valence-corrected chi connectivity index (χ4v) is 1.37. The first-order valence-corrected chi connectivity index (χ1v) is 4.13. The van der Waals surface area contributed by atoms with E-state index < -0.39 is 5.56 Å². The van der Waals surface area contributed by atoms with Crippen LogP contribution in [0, 0.1) is 5.39 Å². The quantitative estimate of drug-likeness (QED) is 0.705. The van der Waals surface area contributed by atoms with E-state index in [4.69, 9.17) is 5.39 Å². The van der Waals surface area contributed by atoms with E-state index in [9.17, 15) is 4.79 Å². The summed E-state index contributed by atoms with van der Waals surface area (Å²) in [5.41, 5.74) is -0.0950. The summed E-state index contributed by atoms with van der Waals surface area (Å²) >= 11 is 3.20. The largest absolute Gasteiger partial charge is 0.469 e. The monoisotopic (exact) mass is 240 g/mol. The van der Waals surface area contributed by atoms with Crippen molar-refractivity contribution in [3.8, 4) is 0 Å². The minimum absolute atomic E-state index is 0.105. The van der Waals surface area contributed by atoms with Gasteiger partial charge in [-0.25, -0.2) is 4.98 Å². The molecule has 0 aliphatic heterocycles. The van der Waals surface area contributed by atoms with E-state index in [1.807, 2.05) is 0 Å². The lowest BCUT2D eigenvalue weighted by Crippen LogP contribution is -2.13. The highest BCUT2D eigenvalue weighted by Crippen LogP contribution is 2.14. The van der Waals surface area contributed by atoms with Crippen LogP contribution in [0.2, 0.25) is 0 Å². The topological polar surface area (TPSA) is 78.3 Å². The molecule has 0 saturated carbocycles. The third-order valence-corrected chi connectivity index (χ3v) is 2.17. The second kappa shape index (κ2) is 2.67. The summed E-state index contributed by atoms with van der Waals surface area (Å²) in [5, 5.41) is 11.1. The number of nitrogens with one attached hydrogen (secondary N) is 1. The van der Waals surface area contributed by atoms with Crippen LogP contribution >= 0.6 is 15.9 Å². The van der Waals surface area contributed by atoms with Gasteiger partial charge in [-0.1, -0.05) is 0 Å². The summed E-state index contributed by atoms with van der Waals surface area (Å²) in [6, 6.07) is 0. The normalized spacial score (nSPS) is 10.2. The Bertz CT molecular complexity index is 562. The summed E-state index contributed by atoms with van der Waals surface area (Å²) in [7, 11) is 0. The lowest BCUT2D eigenvalue weighted by Gasteiger charge is -1.86. The van der Waals surface area contributed by atoms with Gasteiger partial charge in [-0.15, -0.1) is 0 Å². The second-order valence-electron chi connectivity index (χ2n) is 2.33. The first kappa shape index (κ1) is 7.94. The van der Waals surface area contributed by atoms with Gasteiger partial charge in [0.1, 0.15) is 6.20 Å². The maximum Gasteiger partial charge on any atom is 0.469 e. The number of hydrogen-bond acceptors (Lipinski definition) is 3. The summed E-state index contributed by atoms with van der Waals surface area (Å²) in [6.45, 7) is 0. The Morgan fingerprint density at radius 2 is 2.46 bits per heavy atom. The van der Waals surface area contributed by atoms with Crippen molar-refractivity contribution in [2.45, 2.75) is 0 Å². The smallest absolute Gasteiger partial charge is 0.295 e. The van der Waals surface area contributed by atoms with Crippen LogP contribution in [0.4, 0.5) is 5.69 Å². The van der Waals surface area contributed by atoms with Crippen molar-refractivity contribution in [1.82, 2.24) is 14.6 Å². The van der Waals surface area contributed by atoms with Crippen molar-refractivity contribution in [2.24, 2.45) is 0 Å². The Hall–Kier alpha value is -1.68. The molecule has 0 unspecified atom stereocenters. The molecule has 0 aromatic carbocycles. The van der Waals surface area contributed by atoms with Crippen LogP contribution < -0.4 is 5.56 Å². The Balaban J connectivity index is 2.99. The van der Waals surface area contributed by atoms with Crippen molar-refractivity contribution in [3.63, 3.8) is 0 Å². The number of aromatic nitrogens is 3. The Kier molecular flexibility index (Phi) is 1.63. The van der Waals surface area contributed by atoms with Crippen molar-refractivity contribution in [3.05, 3.63) is 32.2 Å². The standard InChI is InChI=1S/C6H2BrN5O/c7-3-1-10-12-5(3)9-2-4(11-8)6(12)13/h1-2H/p+1. The average molecular weight is 241 g/mol. The average Bonchev–Trinajstić information content (AvgIpc) is 2.50. The van der Waals surface area contributed by atoms with Crippen molar-refractivity contribution < 1.29 is 0 Å². The van der Waals surface area contributed by atoms with Gasteiger partial charge in [-0.05, 0) is 15.9 Å². The Morgan fingerprint density at radius 3 is 3.15 bits per heavy atom. The van der Waals surface area contributed by atoms with Gasteiger partial charge in [-0.3, -0.25) is 9.89 Å². The maximum atomic E-state index is 11.4. The SMILES string of the molecule is N#[N+]c1cnc2c(Br)c[nH]n2c1=O. The highest BCUT2D eigenvalue weighted by molar-refractivity contribution is 9.10. The number of halogens is 1. The minimum atomic E-state index is -0.446. The zero-order valence-corrected chi connectivity index (χ0v) is 7.82. The molecule has 2 heterocycles. The number of hydrogen-bond donors (Lipinski definition) is 1. The number of diazo groups is 1. The molecule has 0 fully saturated rings. The molecule has 0 atom stereocenters. The molecule has 0 saturated heterocycles. The summed E-state index contributed by atoms with van der Waals surface area (Å²) < 4.78 is 1.85. The van der Waals surface area contributed by atoms with Gasteiger partial charge < -0.3 is 0 Å². The van der Waals surface area contributed by atoms with Crippen LogP contribution in [0.1, 0.15) is 0 Å². The minimum Gasteiger partial charge on any atom is -0.295 e. The molecule has 0 amide bonds. The van der Waals surface area contributed by atoms with Crippen LogP contribution in [0.15, 0.2) is 21.7 Å². The predicted octanol–water partition coefficient (Wildman–Crippen LogP) is 1.27. The Morgan fingerprint density at radius 1 is 1.69 bits per heavy atom. The van der Waals surface area contributed by atoms with Crippen molar-refractivity contribution >= 4 is 27.3 Å². The third kappa shape index (κ3) is 1.03. The van der Waals surface area contributed by atoms with E-state index in [2.05, 4.69) is 31.0 Å². The van der Waals surface area contributed by atoms with Gasteiger partial charge in [0, 0.05) is 6.20 Å². The maximum absolute atomic E-state index is 11.4. The van der Waals surface area contributed by atoms with Gasteiger partial charge in [0.2, 0.25) is 5.39 Å². The van der Waals surface area contributed by atoms with E-state index in [-0.39, 0.29) is 5.69 Å². The molecule has 2 rings (SSSR count). The third-order valence-electron chi connectivity index (χ3n) is 1.58. The van der Waals surface area contributed by atoms with E-state index in [0.29, 0.717) is 10.1 Å². The van der Waals surface area contributed by atoms with E-state index in [1.54, 1.807) is 6.20 Å². The van der Waals surface area contributed by atoms with Crippen LogP contribution in [-0.4, -0.2) is 14.6 Å². The van der Waals surface area contributed by atoms with E-state index >= 15 is 0 Å². The molecule has 2 aromatic heterocycles. The van der Waals surface area contributed by atoms with Crippen LogP contribution in [0.5, 0.6) is 0 Å². The van der Waals surface area contributed by atoms with Gasteiger partial charge in [0.15, 0.2) is 10.6 Å². The first-order valence-electron chi connectivity index (χ1n) is 3.34. The molecular weight excluding hydrogens is 238 g/mol. The lowest BCUT2D eigenvalue weighted by molar-refractivity contribution is 0.904. The Labute approximate surface area is 79.9 Å². The first-order chi connectivity index (χ1) is 6.24. The molecule has 0 spiro atoms. The molecule has 13 heavy (non-hydrogen) atoms. The summed E-state index contributed by atoms with van der Waals surface area (Å²) in [4.78, 5) is 18.1. The highest BCUT2D eigenvalue weighted by atomic mass is 79.9. The fraction of sp³-hybridized carbons (Fsp3) is 0. The van der Waals surface area contributed by atoms with Gasteiger partial charge >= 0.3 is 11.2 Å². The van der Waals surface area contributed by atoms with Gasteiger partial charge in [0.25, 0.3) is 0 Å². The molecule has 0 radical (unpaired) electrons. The number of nitrogens with zero attached hydrogens (tertiary/aromatic N) is 4. The summed E-state index contributed by atoms with van der Waals surface area (Å²) in [6.07, 6.45) is 2.78. The molecule has 0 bridgehead atoms. The van der Waals surface area contributed by atoms with Crippen LogP contribution in [0.25, 0.3) is 10.6 Å². The highest BCUT2D eigenvalue weighted by Gasteiger charge is 2.16. The van der Waals surface area contributed by atoms with Crippen molar-refractivity contribution in [2.75, 3.05) is 0 Å². The fourth-order valence-electron chi connectivity index (χ4n) is 0.989. The molecule has 64 valence electrons. The van der Waals surface area contributed by atoms with E-state index in [0.717, 1.165) is 0 Å². The number of H-pyrrole nitrogens is 1. The van der Waals surface area contributed by atoms with Crippen LogP contribution in [-0.2, 0) is 0 Å². The van der Waals surface area contributed by atoms with Gasteiger partial charge in [0.05, 0.1) is 4.47 Å². The predicted molar refractivity (Wildman–Crippen MR) is 48.3 cm³/mol. The molecule has 0 aliphatic carbocycles. The number of fused-ring (bicyclic) bond motifs is 1.